The summed E-state index contributed by atoms with van der Waals surface area (Å²) in [6, 6.07) is 4.20. The SMILES string of the molecule is Cc1ccc(C(=O)O)c(C(=O)O)c1.Cl. The Kier molecular flexibility index (Phi) is 4.11. The van der Waals surface area contributed by atoms with E-state index in [2.05, 4.69) is 0 Å². The number of aryl methyl sites for hydroxylation is 1. The molecule has 1 rings (SSSR count). The molecule has 0 saturated heterocycles. The minimum Gasteiger partial charge on any atom is -0.478 e. The Hall–Kier alpha value is -1.55. The molecule has 0 aliphatic heterocycles. The Labute approximate surface area is 86.6 Å². The predicted molar refractivity (Wildman–Crippen MR) is 52.3 cm³/mol. The predicted octanol–water partition coefficient (Wildman–Crippen LogP) is 1.81. The molecule has 0 heterocycles. The average molecular weight is 217 g/mol. The van der Waals surface area contributed by atoms with Crippen molar-refractivity contribution in [2.45, 2.75) is 6.92 Å². The molecule has 14 heavy (non-hydrogen) atoms. The summed E-state index contributed by atoms with van der Waals surface area (Å²) < 4.78 is 0. The normalized spacial score (nSPS) is 8.93. The largest absolute Gasteiger partial charge is 0.478 e. The average Bonchev–Trinajstić information content (AvgIpc) is 2.03. The van der Waals surface area contributed by atoms with Crippen molar-refractivity contribution in [2.24, 2.45) is 0 Å². The number of hydrogen-bond acceptors (Lipinski definition) is 2. The molecule has 0 radical (unpaired) electrons. The van der Waals surface area contributed by atoms with Gasteiger partial charge in [-0.3, -0.25) is 0 Å². The van der Waals surface area contributed by atoms with Gasteiger partial charge in [0.05, 0.1) is 11.1 Å². The molecule has 0 unspecified atom stereocenters. The maximum absolute atomic E-state index is 10.6. The number of hydrogen-bond donors (Lipinski definition) is 2. The minimum atomic E-state index is -1.22. The van der Waals surface area contributed by atoms with Gasteiger partial charge in [-0.25, -0.2) is 9.59 Å². The van der Waals surface area contributed by atoms with Crippen LogP contribution < -0.4 is 0 Å². The number of carbonyl (C=O) groups is 2. The summed E-state index contributed by atoms with van der Waals surface area (Å²) in [5.74, 6) is -2.45. The standard InChI is InChI=1S/C9H8O4.ClH/c1-5-2-3-6(8(10)11)7(4-5)9(12)13;/h2-4H,1H3,(H,10,11)(H,12,13);1H. The highest BCUT2D eigenvalue weighted by atomic mass is 35.5. The molecular formula is C9H9ClO4. The van der Waals surface area contributed by atoms with Gasteiger partial charge in [-0.1, -0.05) is 11.6 Å². The molecule has 0 aliphatic carbocycles. The van der Waals surface area contributed by atoms with Crippen molar-refractivity contribution >= 4 is 24.3 Å². The second kappa shape index (κ2) is 4.62. The number of rotatable bonds is 2. The van der Waals surface area contributed by atoms with E-state index in [0.717, 1.165) is 5.56 Å². The van der Waals surface area contributed by atoms with E-state index in [4.69, 9.17) is 10.2 Å². The van der Waals surface area contributed by atoms with Gasteiger partial charge < -0.3 is 10.2 Å². The van der Waals surface area contributed by atoms with Crippen LogP contribution >= 0.6 is 12.4 Å². The lowest BCUT2D eigenvalue weighted by Crippen LogP contribution is -2.07. The Balaban J connectivity index is 0.00000169. The topological polar surface area (TPSA) is 74.6 Å². The summed E-state index contributed by atoms with van der Waals surface area (Å²) in [5, 5.41) is 17.3. The number of benzene rings is 1. The van der Waals surface area contributed by atoms with Crippen molar-refractivity contribution in [3.05, 3.63) is 34.9 Å². The summed E-state index contributed by atoms with van der Waals surface area (Å²) in [5.41, 5.74) is 0.369. The summed E-state index contributed by atoms with van der Waals surface area (Å²) in [7, 11) is 0. The first-order valence-electron chi connectivity index (χ1n) is 3.59. The van der Waals surface area contributed by atoms with E-state index >= 15 is 0 Å². The molecule has 1 aromatic carbocycles. The van der Waals surface area contributed by atoms with E-state index < -0.39 is 11.9 Å². The molecule has 2 N–H and O–H groups in total. The molecule has 4 nitrogen and oxygen atoms in total. The van der Waals surface area contributed by atoms with Crippen molar-refractivity contribution < 1.29 is 19.8 Å². The van der Waals surface area contributed by atoms with Crippen LogP contribution in [0.25, 0.3) is 0 Å². The van der Waals surface area contributed by atoms with Gasteiger partial charge in [0.2, 0.25) is 0 Å². The lowest BCUT2D eigenvalue weighted by atomic mass is 10.0. The van der Waals surface area contributed by atoms with Crippen LogP contribution in [0.3, 0.4) is 0 Å². The zero-order valence-corrected chi connectivity index (χ0v) is 8.17. The fourth-order valence-corrected chi connectivity index (χ4v) is 1.02. The molecule has 0 aromatic heterocycles. The molecule has 5 heteroatoms. The molecule has 0 saturated carbocycles. The molecule has 76 valence electrons. The van der Waals surface area contributed by atoms with Crippen LogP contribution in [-0.2, 0) is 0 Å². The first-order valence-corrected chi connectivity index (χ1v) is 3.59. The third-order valence-electron chi connectivity index (χ3n) is 1.64. The summed E-state index contributed by atoms with van der Waals surface area (Å²) in [4.78, 5) is 21.2. The maximum Gasteiger partial charge on any atom is 0.336 e. The van der Waals surface area contributed by atoms with Gasteiger partial charge in [0.1, 0.15) is 0 Å². The Morgan fingerprint density at radius 2 is 1.57 bits per heavy atom. The Morgan fingerprint density at radius 3 is 2.00 bits per heavy atom. The first kappa shape index (κ1) is 12.4. The highest BCUT2D eigenvalue weighted by Gasteiger charge is 2.14. The fraction of sp³-hybridized carbons (Fsp3) is 0.111. The third kappa shape index (κ3) is 2.47. The number of aromatic carboxylic acids is 2. The van der Waals surface area contributed by atoms with E-state index in [0.29, 0.717) is 0 Å². The Morgan fingerprint density at radius 1 is 1.07 bits per heavy atom. The third-order valence-corrected chi connectivity index (χ3v) is 1.64. The first-order chi connectivity index (χ1) is 6.02. The molecule has 0 spiro atoms. The van der Waals surface area contributed by atoms with Crippen LogP contribution in [0.15, 0.2) is 18.2 Å². The van der Waals surface area contributed by atoms with Crippen LogP contribution in [0.1, 0.15) is 26.3 Å². The number of carboxylic acids is 2. The maximum atomic E-state index is 10.6. The van der Waals surface area contributed by atoms with Gasteiger partial charge >= 0.3 is 11.9 Å². The number of carboxylic acid groups (broad SMARTS) is 2. The van der Waals surface area contributed by atoms with Crippen LogP contribution in [0.2, 0.25) is 0 Å². The van der Waals surface area contributed by atoms with E-state index in [1.54, 1.807) is 13.0 Å². The van der Waals surface area contributed by atoms with E-state index in [1.165, 1.54) is 12.1 Å². The van der Waals surface area contributed by atoms with Crippen LogP contribution in [0, 0.1) is 6.92 Å². The van der Waals surface area contributed by atoms with Gasteiger partial charge in [-0.05, 0) is 19.1 Å². The van der Waals surface area contributed by atoms with Gasteiger partial charge in [0, 0.05) is 0 Å². The lowest BCUT2D eigenvalue weighted by molar-refractivity contribution is 0.0651. The van der Waals surface area contributed by atoms with Crippen molar-refractivity contribution in [1.29, 1.82) is 0 Å². The molecule has 0 fully saturated rings. The summed E-state index contributed by atoms with van der Waals surface area (Å²) in [6.45, 7) is 1.71. The molecule has 0 aliphatic rings. The van der Waals surface area contributed by atoms with Crippen molar-refractivity contribution in [3.8, 4) is 0 Å². The van der Waals surface area contributed by atoms with Gasteiger partial charge in [-0.15, -0.1) is 12.4 Å². The minimum absolute atomic E-state index is 0. The van der Waals surface area contributed by atoms with Crippen LogP contribution in [-0.4, -0.2) is 22.2 Å². The van der Waals surface area contributed by atoms with Crippen LogP contribution in [0.4, 0.5) is 0 Å². The zero-order valence-electron chi connectivity index (χ0n) is 7.35. The van der Waals surface area contributed by atoms with Crippen molar-refractivity contribution in [3.63, 3.8) is 0 Å². The highest BCUT2D eigenvalue weighted by Crippen LogP contribution is 2.11. The summed E-state index contributed by atoms with van der Waals surface area (Å²) >= 11 is 0. The molecule has 0 amide bonds. The van der Waals surface area contributed by atoms with Crippen molar-refractivity contribution in [2.75, 3.05) is 0 Å². The molecule has 0 atom stereocenters. The van der Waals surface area contributed by atoms with Gasteiger partial charge in [0.15, 0.2) is 0 Å². The van der Waals surface area contributed by atoms with E-state index in [-0.39, 0.29) is 23.5 Å². The second-order valence-corrected chi connectivity index (χ2v) is 2.66. The summed E-state index contributed by atoms with van der Waals surface area (Å²) in [6.07, 6.45) is 0. The second-order valence-electron chi connectivity index (χ2n) is 2.66. The fourth-order valence-electron chi connectivity index (χ4n) is 1.02. The quantitative estimate of drug-likeness (QED) is 0.791. The van der Waals surface area contributed by atoms with Crippen LogP contribution in [0.5, 0.6) is 0 Å². The lowest BCUT2D eigenvalue weighted by Gasteiger charge is -2.01. The number of halogens is 1. The van der Waals surface area contributed by atoms with Gasteiger partial charge in [0.25, 0.3) is 0 Å². The molecular weight excluding hydrogens is 208 g/mol. The van der Waals surface area contributed by atoms with Gasteiger partial charge in [-0.2, -0.15) is 0 Å². The molecule has 1 aromatic rings. The van der Waals surface area contributed by atoms with E-state index in [9.17, 15) is 9.59 Å². The smallest absolute Gasteiger partial charge is 0.336 e. The Bertz CT molecular complexity index is 373. The monoisotopic (exact) mass is 216 g/mol. The van der Waals surface area contributed by atoms with E-state index in [1.807, 2.05) is 0 Å². The zero-order chi connectivity index (χ0) is 10.0. The van der Waals surface area contributed by atoms with Crippen molar-refractivity contribution in [1.82, 2.24) is 0 Å². The molecule has 0 bridgehead atoms. The highest BCUT2D eigenvalue weighted by molar-refractivity contribution is 6.01.